The van der Waals surface area contributed by atoms with Crippen LogP contribution in [0.5, 0.6) is 0 Å². The second-order valence-electron chi connectivity index (χ2n) is 5.43. The van der Waals surface area contributed by atoms with Crippen molar-refractivity contribution in [3.63, 3.8) is 0 Å². The first-order valence-corrected chi connectivity index (χ1v) is 7.57. The standard InChI is InChI=1S/C17H11F3N6/c18-17(19,20)12-6-2-1-5-11(12)13-8-10-4-3-7-21-14(10)15(24-13)25-16-22-9-23-26-16/h1-9H,(H2,22,23,24,25,26). The van der Waals surface area contributed by atoms with Crippen LogP contribution in [0, 0.1) is 0 Å². The summed E-state index contributed by atoms with van der Waals surface area (Å²) in [6.45, 7) is 0. The summed E-state index contributed by atoms with van der Waals surface area (Å²) in [4.78, 5) is 12.6. The molecule has 3 aromatic heterocycles. The Labute approximate surface area is 145 Å². The van der Waals surface area contributed by atoms with Crippen LogP contribution in [-0.4, -0.2) is 25.1 Å². The molecule has 4 aromatic rings. The van der Waals surface area contributed by atoms with Crippen LogP contribution >= 0.6 is 0 Å². The molecule has 2 N–H and O–H groups in total. The largest absolute Gasteiger partial charge is 0.417 e. The van der Waals surface area contributed by atoms with Gasteiger partial charge in [-0.2, -0.15) is 23.3 Å². The molecule has 0 saturated carbocycles. The van der Waals surface area contributed by atoms with E-state index < -0.39 is 11.7 Å². The topological polar surface area (TPSA) is 79.4 Å². The van der Waals surface area contributed by atoms with Crippen molar-refractivity contribution in [3.05, 3.63) is 60.6 Å². The van der Waals surface area contributed by atoms with E-state index in [1.54, 1.807) is 30.5 Å². The van der Waals surface area contributed by atoms with Crippen LogP contribution in [0.3, 0.4) is 0 Å². The number of nitrogens with zero attached hydrogens (tertiary/aromatic N) is 4. The zero-order valence-electron chi connectivity index (χ0n) is 13.1. The molecule has 0 radical (unpaired) electrons. The molecule has 6 nitrogen and oxygen atoms in total. The van der Waals surface area contributed by atoms with Crippen molar-refractivity contribution >= 4 is 22.7 Å². The first kappa shape index (κ1) is 16.0. The van der Waals surface area contributed by atoms with Gasteiger partial charge in [-0.1, -0.05) is 24.3 Å². The lowest BCUT2D eigenvalue weighted by Crippen LogP contribution is -2.08. The van der Waals surface area contributed by atoms with E-state index in [9.17, 15) is 13.2 Å². The Morgan fingerprint density at radius 1 is 1.00 bits per heavy atom. The quantitative estimate of drug-likeness (QED) is 0.576. The summed E-state index contributed by atoms with van der Waals surface area (Å²) in [7, 11) is 0. The van der Waals surface area contributed by atoms with Crippen LogP contribution in [0.15, 0.2) is 55.0 Å². The molecule has 4 rings (SSSR count). The molecule has 3 heterocycles. The van der Waals surface area contributed by atoms with Gasteiger partial charge in [0.25, 0.3) is 0 Å². The Balaban J connectivity index is 1.92. The summed E-state index contributed by atoms with van der Waals surface area (Å²) < 4.78 is 40.1. The monoisotopic (exact) mass is 356 g/mol. The molecule has 0 aliphatic heterocycles. The summed E-state index contributed by atoms with van der Waals surface area (Å²) in [6, 6.07) is 10.4. The van der Waals surface area contributed by atoms with Gasteiger partial charge in [-0.15, -0.1) is 0 Å². The zero-order valence-corrected chi connectivity index (χ0v) is 13.1. The number of hydrogen-bond donors (Lipinski definition) is 2. The number of hydrogen-bond acceptors (Lipinski definition) is 5. The van der Waals surface area contributed by atoms with Crippen molar-refractivity contribution in [1.29, 1.82) is 0 Å². The van der Waals surface area contributed by atoms with Gasteiger partial charge in [-0.3, -0.25) is 4.98 Å². The maximum atomic E-state index is 13.4. The lowest BCUT2D eigenvalue weighted by atomic mass is 10.0. The first-order chi connectivity index (χ1) is 12.5. The number of fused-ring (bicyclic) bond motifs is 1. The molecule has 0 fully saturated rings. The number of pyridine rings is 2. The number of benzene rings is 1. The third kappa shape index (κ3) is 2.94. The van der Waals surface area contributed by atoms with Crippen molar-refractivity contribution in [3.8, 4) is 11.3 Å². The van der Waals surface area contributed by atoms with Crippen LogP contribution in [0.1, 0.15) is 5.56 Å². The van der Waals surface area contributed by atoms with Crippen LogP contribution in [-0.2, 0) is 6.18 Å². The maximum Gasteiger partial charge on any atom is 0.417 e. The van der Waals surface area contributed by atoms with Gasteiger partial charge < -0.3 is 5.32 Å². The molecule has 0 unspecified atom stereocenters. The zero-order chi connectivity index (χ0) is 18.1. The van der Waals surface area contributed by atoms with Crippen LogP contribution < -0.4 is 5.32 Å². The number of nitrogens with one attached hydrogen (secondary N) is 2. The first-order valence-electron chi connectivity index (χ1n) is 7.57. The average Bonchev–Trinajstić information content (AvgIpc) is 3.14. The molecule has 1 aromatic carbocycles. The van der Waals surface area contributed by atoms with Crippen molar-refractivity contribution < 1.29 is 13.2 Å². The highest BCUT2D eigenvalue weighted by atomic mass is 19.4. The Kier molecular flexibility index (Phi) is 3.76. The Hall–Kier alpha value is -3.49. The van der Waals surface area contributed by atoms with E-state index in [0.717, 1.165) is 6.07 Å². The fourth-order valence-electron chi connectivity index (χ4n) is 2.64. The number of anilines is 2. The average molecular weight is 356 g/mol. The molecule has 0 amide bonds. The van der Waals surface area contributed by atoms with E-state index in [-0.39, 0.29) is 17.1 Å². The fourth-order valence-corrected chi connectivity index (χ4v) is 2.64. The van der Waals surface area contributed by atoms with E-state index in [1.165, 1.54) is 18.5 Å². The molecule has 130 valence electrons. The van der Waals surface area contributed by atoms with Gasteiger partial charge in [-0.05, 0) is 18.2 Å². The summed E-state index contributed by atoms with van der Waals surface area (Å²) in [5, 5.41) is 9.92. The van der Waals surface area contributed by atoms with Crippen LogP contribution in [0.25, 0.3) is 22.2 Å². The minimum atomic E-state index is -4.49. The van der Waals surface area contributed by atoms with Gasteiger partial charge in [0.2, 0.25) is 5.95 Å². The molecule has 26 heavy (non-hydrogen) atoms. The van der Waals surface area contributed by atoms with Gasteiger partial charge in [0, 0.05) is 17.1 Å². The molecule has 0 aliphatic rings. The second kappa shape index (κ2) is 6.10. The molecular formula is C17H11F3N6. The third-order valence-corrected chi connectivity index (χ3v) is 3.75. The molecular weight excluding hydrogens is 345 g/mol. The Morgan fingerprint density at radius 3 is 2.62 bits per heavy atom. The Bertz CT molecular complexity index is 1060. The smallest absolute Gasteiger partial charge is 0.307 e. The highest BCUT2D eigenvalue weighted by molar-refractivity contribution is 5.92. The predicted molar refractivity (Wildman–Crippen MR) is 89.6 cm³/mol. The molecule has 0 atom stereocenters. The molecule has 0 saturated heterocycles. The number of alkyl halides is 3. The van der Waals surface area contributed by atoms with Crippen molar-refractivity contribution in [2.75, 3.05) is 5.32 Å². The van der Waals surface area contributed by atoms with E-state index in [4.69, 9.17) is 0 Å². The lowest BCUT2D eigenvalue weighted by molar-refractivity contribution is -0.137. The summed E-state index contributed by atoms with van der Waals surface area (Å²) in [5.41, 5.74) is -0.0645. The second-order valence-corrected chi connectivity index (χ2v) is 5.43. The molecule has 0 aliphatic carbocycles. The number of halogens is 3. The van der Waals surface area contributed by atoms with E-state index in [0.29, 0.717) is 16.9 Å². The lowest BCUT2D eigenvalue weighted by Gasteiger charge is -2.14. The highest BCUT2D eigenvalue weighted by Crippen LogP contribution is 2.37. The van der Waals surface area contributed by atoms with Gasteiger partial charge >= 0.3 is 6.18 Å². The van der Waals surface area contributed by atoms with Gasteiger partial charge in [-0.25, -0.2) is 10.1 Å². The minimum Gasteiger partial charge on any atom is -0.307 e. The molecule has 0 spiro atoms. The predicted octanol–water partition coefficient (Wildman–Crippen LogP) is 4.18. The van der Waals surface area contributed by atoms with Crippen LogP contribution in [0.2, 0.25) is 0 Å². The Morgan fingerprint density at radius 2 is 1.85 bits per heavy atom. The maximum absolute atomic E-state index is 13.4. The van der Waals surface area contributed by atoms with E-state index in [2.05, 4.69) is 30.5 Å². The SMILES string of the molecule is FC(F)(F)c1ccccc1-c1cc2cccnc2c(Nc2ncn[nH]2)n1. The number of H-pyrrole nitrogens is 1. The molecule has 0 bridgehead atoms. The summed E-state index contributed by atoms with van der Waals surface area (Å²) >= 11 is 0. The van der Waals surface area contributed by atoms with Gasteiger partial charge in [0.05, 0.1) is 11.3 Å². The minimum absolute atomic E-state index is 0.00799. The normalized spacial score (nSPS) is 11.7. The number of rotatable bonds is 3. The van der Waals surface area contributed by atoms with E-state index >= 15 is 0 Å². The van der Waals surface area contributed by atoms with Crippen molar-refractivity contribution in [1.82, 2.24) is 25.1 Å². The summed E-state index contributed by atoms with van der Waals surface area (Å²) in [5.74, 6) is 0.595. The van der Waals surface area contributed by atoms with Gasteiger partial charge in [0.15, 0.2) is 5.82 Å². The van der Waals surface area contributed by atoms with Crippen molar-refractivity contribution in [2.24, 2.45) is 0 Å². The van der Waals surface area contributed by atoms with Gasteiger partial charge in [0.1, 0.15) is 11.8 Å². The summed E-state index contributed by atoms with van der Waals surface area (Å²) in [6.07, 6.45) is -1.60. The van der Waals surface area contributed by atoms with Crippen molar-refractivity contribution in [2.45, 2.75) is 6.18 Å². The molecule has 9 heteroatoms. The van der Waals surface area contributed by atoms with Crippen LogP contribution in [0.4, 0.5) is 24.9 Å². The third-order valence-electron chi connectivity index (χ3n) is 3.75. The number of aromatic amines is 1. The fraction of sp³-hybridized carbons (Fsp3) is 0.0588. The van der Waals surface area contributed by atoms with E-state index in [1.807, 2.05) is 0 Å². The highest BCUT2D eigenvalue weighted by Gasteiger charge is 2.33. The number of aromatic nitrogens is 5.